The molecule has 2 aliphatic rings. The van der Waals surface area contributed by atoms with Crippen molar-refractivity contribution in [3.8, 4) is 0 Å². The first kappa shape index (κ1) is 9.65. The minimum Gasteiger partial charge on any atom is -0.480 e. The van der Waals surface area contributed by atoms with Crippen LogP contribution < -0.4 is 5.32 Å². The van der Waals surface area contributed by atoms with Crippen LogP contribution in [-0.4, -0.2) is 29.4 Å². The highest BCUT2D eigenvalue weighted by Gasteiger charge is 2.49. The van der Waals surface area contributed by atoms with Crippen LogP contribution in [0.5, 0.6) is 0 Å². The molecule has 1 heterocycles. The van der Waals surface area contributed by atoms with Crippen molar-refractivity contribution in [2.24, 2.45) is 17.8 Å². The Morgan fingerprint density at radius 3 is 2.64 bits per heavy atom. The van der Waals surface area contributed by atoms with Gasteiger partial charge in [0.2, 0.25) is 0 Å². The summed E-state index contributed by atoms with van der Waals surface area (Å²) < 4.78 is 0. The van der Waals surface area contributed by atoms with Crippen molar-refractivity contribution in [1.29, 1.82) is 0 Å². The van der Waals surface area contributed by atoms with E-state index in [4.69, 9.17) is 5.11 Å². The molecule has 0 aromatic rings. The lowest BCUT2D eigenvalue weighted by Crippen LogP contribution is -2.39. The maximum Gasteiger partial charge on any atom is 0.321 e. The highest BCUT2D eigenvalue weighted by atomic mass is 16.4. The van der Waals surface area contributed by atoms with Crippen molar-refractivity contribution in [2.75, 3.05) is 6.54 Å². The lowest BCUT2D eigenvalue weighted by Gasteiger charge is -2.19. The van der Waals surface area contributed by atoms with Crippen LogP contribution in [-0.2, 0) is 9.59 Å². The van der Waals surface area contributed by atoms with E-state index in [2.05, 4.69) is 5.32 Å². The van der Waals surface area contributed by atoms with Crippen LogP contribution in [0.25, 0.3) is 0 Å². The summed E-state index contributed by atoms with van der Waals surface area (Å²) in [5.74, 6) is -0.274. The van der Waals surface area contributed by atoms with Crippen LogP contribution in [0.2, 0.25) is 0 Å². The van der Waals surface area contributed by atoms with Crippen molar-refractivity contribution >= 4 is 11.8 Å². The summed E-state index contributed by atoms with van der Waals surface area (Å²) >= 11 is 0. The predicted octanol–water partition coefficient (Wildman–Crippen LogP) is 0.274. The molecule has 0 radical (unpaired) electrons. The molecule has 14 heavy (non-hydrogen) atoms. The molecule has 4 atom stereocenters. The summed E-state index contributed by atoms with van der Waals surface area (Å²) in [6.07, 6.45) is 1.86. The predicted molar refractivity (Wildman–Crippen MR) is 49.8 cm³/mol. The molecule has 0 amide bonds. The van der Waals surface area contributed by atoms with Crippen molar-refractivity contribution in [3.05, 3.63) is 0 Å². The Hall–Kier alpha value is -0.900. The van der Waals surface area contributed by atoms with Gasteiger partial charge in [0, 0.05) is 5.92 Å². The van der Waals surface area contributed by atoms with Crippen LogP contribution in [0.15, 0.2) is 0 Å². The number of nitrogens with one attached hydrogen (secondary N) is 1. The fourth-order valence-electron chi connectivity index (χ4n) is 2.99. The molecule has 1 aliphatic heterocycles. The zero-order valence-electron chi connectivity index (χ0n) is 8.19. The Morgan fingerprint density at radius 1 is 1.36 bits per heavy atom. The summed E-state index contributed by atoms with van der Waals surface area (Å²) in [6.45, 7) is 2.33. The van der Waals surface area contributed by atoms with Gasteiger partial charge in [-0.3, -0.25) is 9.59 Å². The maximum atomic E-state index is 11.3. The summed E-state index contributed by atoms with van der Waals surface area (Å²) in [5, 5.41) is 12.0. The molecule has 2 N–H and O–H groups in total. The lowest BCUT2D eigenvalue weighted by molar-refractivity contribution is -0.140. The fraction of sp³-hybridized carbons (Fsp3) is 0.800. The first-order valence-electron chi connectivity index (χ1n) is 5.08. The van der Waals surface area contributed by atoms with E-state index in [1.165, 1.54) is 0 Å². The van der Waals surface area contributed by atoms with Gasteiger partial charge in [0.05, 0.1) is 0 Å². The number of carboxylic acid groups (broad SMARTS) is 1. The summed E-state index contributed by atoms with van der Waals surface area (Å²) in [6, 6.07) is -0.503. The van der Waals surface area contributed by atoms with Crippen LogP contribution in [0.4, 0.5) is 0 Å². The number of carbonyl (C=O) groups excluding carboxylic acids is 1. The Kier molecular flexibility index (Phi) is 2.31. The monoisotopic (exact) mass is 197 g/mol. The zero-order chi connectivity index (χ0) is 10.3. The molecular formula is C10H15NO3. The normalized spacial score (nSPS) is 40.9. The number of aliphatic carboxylic acids is 1. The Labute approximate surface area is 82.7 Å². The van der Waals surface area contributed by atoms with E-state index in [1.807, 2.05) is 0 Å². The third-order valence-corrected chi connectivity index (χ3v) is 3.63. The minimum atomic E-state index is -0.814. The topological polar surface area (TPSA) is 66.4 Å². The van der Waals surface area contributed by atoms with Gasteiger partial charge in [-0.05, 0) is 38.1 Å². The standard InChI is InChI=1S/C10H15NO3/c1-5(12)7-3-2-6-4-11-9(8(6)7)10(13)14/h6-9,11H,2-4H2,1H3,(H,13,14)/t6-,7+,8+,9-/m0/s1. The number of hydrogen-bond acceptors (Lipinski definition) is 3. The van der Waals surface area contributed by atoms with Crippen LogP contribution in [0.1, 0.15) is 19.8 Å². The second kappa shape index (κ2) is 3.35. The molecule has 0 bridgehead atoms. The second-order valence-electron chi connectivity index (χ2n) is 4.36. The molecule has 78 valence electrons. The van der Waals surface area contributed by atoms with Crippen LogP contribution in [0.3, 0.4) is 0 Å². The van der Waals surface area contributed by atoms with E-state index < -0.39 is 12.0 Å². The molecule has 2 rings (SSSR count). The number of ketones is 1. The van der Waals surface area contributed by atoms with E-state index >= 15 is 0 Å². The molecule has 0 aromatic carbocycles. The van der Waals surface area contributed by atoms with Gasteiger partial charge in [-0.2, -0.15) is 0 Å². The molecule has 0 aromatic heterocycles. The molecular weight excluding hydrogens is 182 g/mol. The number of carbonyl (C=O) groups is 2. The van der Waals surface area contributed by atoms with E-state index in [9.17, 15) is 9.59 Å². The molecule has 2 fully saturated rings. The Morgan fingerprint density at radius 2 is 2.07 bits per heavy atom. The molecule has 4 nitrogen and oxygen atoms in total. The van der Waals surface area contributed by atoms with Crippen LogP contribution >= 0.6 is 0 Å². The molecule has 4 heteroatoms. The smallest absolute Gasteiger partial charge is 0.321 e. The number of Topliss-reactive ketones (excluding diaryl/α,β-unsaturated/α-hetero) is 1. The first-order valence-corrected chi connectivity index (χ1v) is 5.08. The summed E-state index contributed by atoms with van der Waals surface area (Å²) in [7, 11) is 0. The average molecular weight is 197 g/mol. The summed E-state index contributed by atoms with van der Waals surface area (Å²) in [4.78, 5) is 22.3. The summed E-state index contributed by atoms with van der Waals surface area (Å²) in [5.41, 5.74) is 0. The Bertz CT molecular complexity index is 251. The number of fused-ring (bicyclic) bond motifs is 1. The number of carboxylic acids is 1. The van der Waals surface area contributed by atoms with E-state index in [0.717, 1.165) is 19.4 Å². The first-order chi connectivity index (χ1) is 6.61. The van der Waals surface area contributed by atoms with Crippen molar-refractivity contribution in [1.82, 2.24) is 5.32 Å². The molecule has 0 unspecified atom stereocenters. The van der Waals surface area contributed by atoms with Gasteiger partial charge in [0.1, 0.15) is 11.8 Å². The van der Waals surface area contributed by atoms with Gasteiger partial charge < -0.3 is 10.4 Å². The highest BCUT2D eigenvalue weighted by Crippen LogP contribution is 2.42. The lowest BCUT2D eigenvalue weighted by atomic mass is 9.84. The minimum absolute atomic E-state index is 0.0314. The molecule has 1 saturated carbocycles. The fourth-order valence-corrected chi connectivity index (χ4v) is 2.99. The van der Waals surface area contributed by atoms with Gasteiger partial charge in [0.15, 0.2) is 0 Å². The zero-order valence-corrected chi connectivity index (χ0v) is 8.19. The van der Waals surface area contributed by atoms with E-state index in [0.29, 0.717) is 5.92 Å². The van der Waals surface area contributed by atoms with Gasteiger partial charge in [-0.25, -0.2) is 0 Å². The van der Waals surface area contributed by atoms with Gasteiger partial charge in [-0.15, -0.1) is 0 Å². The van der Waals surface area contributed by atoms with Crippen molar-refractivity contribution in [2.45, 2.75) is 25.8 Å². The van der Waals surface area contributed by atoms with E-state index in [-0.39, 0.29) is 17.6 Å². The third kappa shape index (κ3) is 1.34. The molecule has 0 spiro atoms. The number of hydrogen-bond donors (Lipinski definition) is 2. The highest BCUT2D eigenvalue weighted by molar-refractivity contribution is 5.82. The van der Waals surface area contributed by atoms with Crippen LogP contribution in [0, 0.1) is 17.8 Å². The second-order valence-corrected chi connectivity index (χ2v) is 4.36. The molecule has 1 aliphatic carbocycles. The van der Waals surface area contributed by atoms with Gasteiger partial charge in [-0.1, -0.05) is 0 Å². The maximum absolute atomic E-state index is 11.3. The van der Waals surface area contributed by atoms with Gasteiger partial charge >= 0.3 is 5.97 Å². The quantitative estimate of drug-likeness (QED) is 0.667. The SMILES string of the molecule is CC(=O)[C@H]1CC[C@H]2CN[C@H](C(=O)O)[C@H]21. The van der Waals surface area contributed by atoms with Crippen molar-refractivity contribution in [3.63, 3.8) is 0 Å². The van der Waals surface area contributed by atoms with E-state index in [1.54, 1.807) is 6.92 Å². The Balaban J connectivity index is 2.19. The average Bonchev–Trinajstić information content (AvgIpc) is 2.59. The molecule has 1 saturated heterocycles. The largest absolute Gasteiger partial charge is 0.480 e. The number of rotatable bonds is 2. The van der Waals surface area contributed by atoms with Gasteiger partial charge in [0.25, 0.3) is 0 Å². The third-order valence-electron chi connectivity index (χ3n) is 3.63. The van der Waals surface area contributed by atoms with Crippen molar-refractivity contribution < 1.29 is 14.7 Å².